The monoisotopic (exact) mass is 1290 g/mol. The number of halogens is 9. The number of aromatic amines is 1. The number of alkyl halides is 9. The molecular formula is C57H81BrF8K2N4O10. The fourth-order valence-electron chi connectivity index (χ4n) is 17.8. The molecule has 17 atom stereocenters. The van der Waals surface area contributed by atoms with Gasteiger partial charge in [-0.3, -0.25) is 19.4 Å². The van der Waals surface area contributed by atoms with Crippen LogP contribution in [0.1, 0.15) is 155 Å². The van der Waals surface area contributed by atoms with Gasteiger partial charge in [0.05, 0.1) is 59.8 Å². The molecule has 1 unspecified atom stereocenters. The molecule has 454 valence electrons. The van der Waals surface area contributed by atoms with E-state index in [0.29, 0.717) is 87.5 Å². The Morgan fingerprint density at radius 2 is 1.22 bits per heavy atom. The third-order valence-corrected chi connectivity index (χ3v) is 22.0. The summed E-state index contributed by atoms with van der Waals surface area (Å²) in [5.74, 6) is 0.571. The van der Waals surface area contributed by atoms with Gasteiger partial charge < -0.3 is 36.0 Å². The molecule has 25 heteroatoms. The second-order valence-corrected chi connectivity index (χ2v) is 26.2. The van der Waals surface area contributed by atoms with E-state index < -0.39 is 58.1 Å². The molecule has 11 rings (SSSR count). The molecular weight excluding hydrogens is 1210 g/mol. The van der Waals surface area contributed by atoms with Gasteiger partial charge in [-0.15, -0.1) is 0 Å². The number of nitrogens with zero attached hydrogens (tertiary/aromatic N) is 3. The number of fused-ring (bicyclic) bond motifs is 10. The number of ketones is 2. The Hall–Kier alpha value is 0.183. The molecule has 0 radical (unpaired) electrons. The van der Waals surface area contributed by atoms with Crippen LogP contribution in [0.4, 0.5) is 35.1 Å². The first-order valence-corrected chi connectivity index (χ1v) is 29.8. The van der Waals surface area contributed by atoms with Crippen molar-refractivity contribution in [3.05, 3.63) is 35.9 Å². The molecule has 8 saturated carbocycles. The number of carbonyl (C=O) groups excluding carboxylic acids is 3. The van der Waals surface area contributed by atoms with Gasteiger partial charge in [-0.2, -0.15) is 36.5 Å². The Balaban J connectivity index is 0.000000231. The normalized spacial score (nSPS) is 39.8. The maximum Gasteiger partial charge on any atom is 1.00 e. The Kier molecular flexibility index (Phi) is 24.8. The van der Waals surface area contributed by atoms with Gasteiger partial charge in [0.25, 0.3) is 0 Å². The van der Waals surface area contributed by atoms with E-state index in [0.717, 1.165) is 107 Å². The molecule has 0 spiro atoms. The van der Waals surface area contributed by atoms with Gasteiger partial charge in [-0.1, -0.05) is 29.8 Å². The Labute approximate surface area is 570 Å². The molecule has 8 aliphatic carbocycles. The molecule has 0 amide bonds. The molecule has 82 heavy (non-hydrogen) atoms. The second-order valence-electron chi connectivity index (χ2n) is 25.6. The maximum atomic E-state index is 16.6. The van der Waals surface area contributed by atoms with Gasteiger partial charge in [-0.05, 0) is 187 Å². The van der Waals surface area contributed by atoms with Crippen molar-refractivity contribution < 1.29 is 188 Å². The SMILES string of the molecule is COC[C@@]1(O)CC[C@@]2(F)[C@H](CC[C@H]3[C@@H]4CC[C@H](C(=O)CBr)[C@@]4(C)CC[C@@H]32)C1.COC[C@@]1(O)CC[C@@]2(F)[C@H](CC[C@H]3[C@@H]4CC[C@H](C(=O)Cn5cc(C(F)(F)F)cn5)[C@@]4(C)CC[C@@H]32)C1.FC(F)(F)c1cn[nH]c1.O=C(O[O-])C1CCCO1.[H-].[K+].[K+]. The van der Waals surface area contributed by atoms with E-state index >= 15 is 8.78 Å². The molecule has 1 aliphatic heterocycles. The van der Waals surface area contributed by atoms with Crippen LogP contribution in [0.2, 0.25) is 0 Å². The molecule has 3 heterocycles. The van der Waals surface area contributed by atoms with Crippen LogP contribution in [0.3, 0.4) is 0 Å². The number of H-pyrrole nitrogens is 1. The van der Waals surface area contributed by atoms with E-state index in [9.17, 15) is 56.2 Å². The van der Waals surface area contributed by atoms with Crippen LogP contribution in [0, 0.1) is 70.0 Å². The quantitative estimate of drug-likeness (QED) is 0.0997. The summed E-state index contributed by atoms with van der Waals surface area (Å²) >= 11 is 3.37. The minimum absolute atomic E-state index is 0. The number of nitrogens with one attached hydrogen (secondary N) is 1. The van der Waals surface area contributed by atoms with Crippen LogP contribution in [0.5, 0.6) is 0 Å². The summed E-state index contributed by atoms with van der Waals surface area (Å²) in [4.78, 5) is 39.3. The van der Waals surface area contributed by atoms with E-state index in [1.165, 1.54) is 0 Å². The van der Waals surface area contributed by atoms with Crippen molar-refractivity contribution in [2.45, 2.75) is 190 Å². The van der Waals surface area contributed by atoms with Gasteiger partial charge in [0.1, 0.15) is 17.1 Å². The number of Topliss-reactive ketones (excluding diaryl/α,β-unsaturated/α-hetero) is 2. The average Bonchev–Trinajstić information content (AvgIpc) is 3.25. The molecule has 14 nitrogen and oxygen atoms in total. The summed E-state index contributed by atoms with van der Waals surface area (Å²) < 4.78 is 123. The first kappa shape index (κ1) is 71.3. The average molecular weight is 1290 g/mol. The zero-order valence-electron chi connectivity index (χ0n) is 49.2. The van der Waals surface area contributed by atoms with Crippen molar-refractivity contribution in [2.24, 2.45) is 70.0 Å². The van der Waals surface area contributed by atoms with Crippen LogP contribution in [-0.2, 0) is 52.4 Å². The smallest absolute Gasteiger partial charge is 1.00 e. The minimum atomic E-state index is -4.48. The summed E-state index contributed by atoms with van der Waals surface area (Å²) in [6.45, 7) is 5.39. The van der Waals surface area contributed by atoms with E-state index in [4.69, 9.17) is 14.2 Å². The number of hydrogen-bond donors (Lipinski definition) is 3. The minimum Gasteiger partial charge on any atom is -1.00 e. The molecule has 9 aliphatic rings. The largest absolute Gasteiger partial charge is 1.00 e. The third-order valence-electron chi connectivity index (χ3n) is 21.5. The van der Waals surface area contributed by atoms with Crippen molar-refractivity contribution in [3.8, 4) is 0 Å². The Morgan fingerprint density at radius 1 is 0.720 bits per heavy atom. The molecule has 1 saturated heterocycles. The van der Waals surface area contributed by atoms with Crippen molar-refractivity contribution in [1.82, 2.24) is 20.0 Å². The van der Waals surface area contributed by atoms with Crippen LogP contribution < -0.4 is 108 Å². The summed E-state index contributed by atoms with van der Waals surface area (Å²) in [7, 11) is 3.17. The first-order chi connectivity index (χ1) is 37.6. The second kappa shape index (κ2) is 28.6. The van der Waals surface area contributed by atoms with Gasteiger partial charge >= 0.3 is 121 Å². The van der Waals surface area contributed by atoms with Crippen molar-refractivity contribution >= 4 is 33.5 Å². The number of carbonyl (C=O) groups is 3. The van der Waals surface area contributed by atoms with Gasteiger partial charge in [0.2, 0.25) is 0 Å². The molecule has 2 aromatic rings. The van der Waals surface area contributed by atoms with Crippen LogP contribution in [0.25, 0.3) is 0 Å². The summed E-state index contributed by atoms with van der Waals surface area (Å²) in [6.07, 6.45) is 8.52. The summed E-state index contributed by atoms with van der Waals surface area (Å²) in [5, 5.41) is 40.6. The van der Waals surface area contributed by atoms with E-state index in [2.05, 4.69) is 50.0 Å². The van der Waals surface area contributed by atoms with Crippen molar-refractivity contribution in [3.63, 3.8) is 0 Å². The number of ether oxygens (including phenoxy) is 3. The molecule has 0 bridgehead atoms. The number of methoxy groups -OCH3 is 2. The van der Waals surface area contributed by atoms with E-state index in [1.54, 1.807) is 14.2 Å². The number of aromatic nitrogens is 4. The topological polar surface area (TPSA) is 198 Å². The molecule has 3 N–H and O–H groups in total. The summed E-state index contributed by atoms with van der Waals surface area (Å²) in [6, 6.07) is 0. The maximum absolute atomic E-state index is 16.6. The fraction of sp³-hybridized carbons (Fsp3) is 0.842. The fourth-order valence-corrected chi connectivity index (χ4v) is 18.2. The van der Waals surface area contributed by atoms with E-state index in [-0.39, 0.29) is 181 Å². The van der Waals surface area contributed by atoms with Gasteiger partial charge in [0.15, 0.2) is 11.9 Å². The predicted octanol–water partition coefficient (Wildman–Crippen LogP) is 4.43. The Morgan fingerprint density at radius 3 is 1.61 bits per heavy atom. The standard InChI is InChI=1S/C26H36F4N2O3.C22H34BrFO3.C5H8O4.C4H3F3N2.2K.H/c1-23-8-7-20-18(4-3-16-11-24(34,15-35-2)9-10-25(16,20)27)19(23)5-6-21(23)22(33)14-32-13-17(12-31-32)26(28,29)30;1-20-8-7-17-15(16(20)5-6-18(20)19(25)12-23)4-3-14-11-21(26,13-27-2)9-10-22(14,17)24;6-5(9-7)4-2-1-3-8-4;5-4(6,7)3-1-8-9-2-3;;;/h12-13,16,18-21,34H,3-11,14-15H2,1-2H3;14-18,26H,3-13H2,1-2H3;4,7H,1-3H2;1-2H,(H,8,9);;;/q;;;;2*+1;-1/p-1/t16-,18+,19+,20+,21-,23+,24-,25-;14-,15+,16+,17+,18-,20+,21-,22-;;;;;/m11...../s1. The van der Waals surface area contributed by atoms with Gasteiger partial charge in [0, 0.05) is 45.1 Å². The molecule has 2 aromatic heterocycles. The number of aliphatic hydroxyl groups is 2. The van der Waals surface area contributed by atoms with Crippen LogP contribution in [-0.4, -0.2) is 116 Å². The summed E-state index contributed by atoms with van der Waals surface area (Å²) in [5.41, 5.74) is -6.02. The van der Waals surface area contributed by atoms with Gasteiger partial charge in [-0.25, -0.2) is 13.6 Å². The zero-order valence-corrected chi connectivity index (χ0v) is 56.1. The number of hydrogen-bond acceptors (Lipinski definition) is 12. The van der Waals surface area contributed by atoms with Crippen molar-refractivity contribution in [1.29, 1.82) is 0 Å². The van der Waals surface area contributed by atoms with Crippen LogP contribution in [0.15, 0.2) is 24.8 Å². The first-order valence-electron chi connectivity index (χ1n) is 28.6. The molecule has 9 fully saturated rings. The predicted molar refractivity (Wildman–Crippen MR) is 276 cm³/mol. The number of rotatable bonds is 10. The molecule has 0 aromatic carbocycles. The van der Waals surface area contributed by atoms with Crippen LogP contribution >= 0.6 is 15.9 Å². The van der Waals surface area contributed by atoms with Crippen molar-refractivity contribution in [2.75, 3.05) is 39.4 Å². The zero-order chi connectivity index (χ0) is 58.3. The van der Waals surface area contributed by atoms with E-state index in [1.807, 2.05) is 0 Å². The third kappa shape index (κ3) is 15.0. The Bertz CT molecular complexity index is 2450.